The van der Waals surface area contributed by atoms with Gasteiger partial charge in [0.15, 0.2) is 0 Å². The Bertz CT molecular complexity index is 2750. The summed E-state index contributed by atoms with van der Waals surface area (Å²) in [5, 5.41) is 2.20. The molecule has 1 aliphatic heterocycles. The Morgan fingerprint density at radius 3 is 2.26 bits per heavy atom. The molecule has 54 heavy (non-hydrogen) atoms. The van der Waals surface area contributed by atoms with Gasteiger partial charge in [0.05, 0.1) is 18.0 Å². The van der Waals surface area contributed by atoms with E-state index in [9.17, 15) is 0 Å². The van der Waals surface area contributed by atoms with Gasteiger partial charge in [-0.1, -0.05) is 109 Å². The van der Waals surface area contributed by atoms with Gasteiger partial charge in [0, 0.05) is 28.5 Å². The van der Waals surface area contributed by atoms with E-state index in [2.05, 4.69) is 146 Å². The van der Waals surface area contributed by atoms with Crippen LogP contribution in [-0.2, 0) is 21.1 Å². The molecular weight excluding hydrogens is 842 g/mol. The molecule has 8 aromatic rings. The van der Waals surface area contributed by atoms with E-state index >= 15 is 0 Å². The second-order valence-corrected chi connectivity index (χ2v) is 14.1. The van der Waals surface area contributed by atoms with Gasteiger partial charge in [0.25, 0.3) is 0 Å². The number of pyridine rings is 1. The van der Waals surface area contributed by atoms with Crippen molar-refractivity contribution in [3.8, 4) is 16.9 Å². The number of aryl methyl sites for hydroxylation is 2. The predicted octanol–water partition coefficient (Wildman–Crippen LogP) is 12.2. The Morgan fingerprint density at radius 2 is 1.44 bits per heavy atom. The van der Waals surface area contributed by atoms with Gasteiger partial charge < -0.3 is 19.3 Å². The van der Waals surface area contributed by atoms with Gasteiger partial charge in [0.1, 0.15) is 5.82 Å². The summed E-state index contributed by atoms with van der Waals surface area (Å²) < 4.78 is 27.0. The number of benzene rings is 6. The Morgan fingerprint density at radius 1 is 0.722 bits per heavy atom. The van der Waals surface area contributed by atoms with Crippen molar-refractivity contribution < 1.29 is 25.2 Å². The van der Waals surface area contributed by atoms with Crippen molar-refractivity contribution in [2.45, 2.75) is 33.6 Å². The number of aromatic nitrogens is 2. The number of fused-ring (bicyclic) bond motifs is 4. The molecule has 3 heterocycles. The van der Waals surface area contributed by atoms with Crippen LogP contribution in [0.15, 0.2) is 140 Å². The Labute approximate surface area is 336 Å². The van der Waals surface area contributed by atoms with Crippen LogP contribution in [0.1, 0.15) is 40.6 Å². The molecule has 6 heteroatoms. The number of hydrogen-bond donors (Lipinski definition) is 0. The topological polar surface area (TPSA) is 27.5 Å². The third-order valence-electron chi connectivity index (χ3n) is 10.4. The minimum Gasteiger partial charge on any atom is -0.358 e. The number of para-hydroxylation sites is 4. The van der Waals surface area contributed by atoms with Gasteiger partial charge >= 0.3 is 21.1 Å². The van der Waals surface area contributed by atoms with E-state index in [1.165, 1.54) is 16.0 Å². The van der Waals surface area contributed by atoms with E-state index in [1.54, 1.807) is 0 Å². The van der Waals surface area contributed by atoms with Crippen LogP contribution in [0.4, 0.5) is 34.1 Å². The molecule has 0 bridgehead atoms. The maximum Gasteiger partial charge on any atom is 2.00 e. The predicted molar refractivity (Wildman–Crippen MR) is 222 cm³/mol. The molecule has 0 spiro atoms. The summed E-state index contributed by atoms with van der Waals surface area (Å²) in [6.45, 7) is 6.62. The van der Waals surface area contributed by atoms with Crippen molar-refractivity contribution in [2.75, 3.05) is 28.3 Å². The van der Waals surface area contributed by atoms with Crippen LogP contribution in [-0.4, -0.2) is 23.2 Å². The summed E-state index contributed by atoms with van der Waals surface area (Å²) in [6.07, 6.45) is 1.90. The molecule has 5 nitrogen and oxygen atoms in total. The molecule has 0 atom stereocenters. The zero-order valence-electron chi connectivity index (χ0n) is 33.6. The average Bonchev–Trinajstić information content (AvgIpc) is 3.76. The molecule has 0 aliphatic carbocycles. The first kappa shape index (κ1) is 31.8. The number of anilines is 6. The van der Waals surface area contributed by atoms with E-state index in [4.69, 9.17) is 9.10 Å². The smallest absolute Gasteiger partial charge is 0.358 e. The first-order valence-corrected chi connectivity index (χ1v) is 18.1. The first-order valence-electron chi connectivity index (χ1n) is 19.6. The molecule has 0 unspecified atom stereocenters. The SMILES string of the molecule is [2H]C([2H])([2H])N1CN(c2[c-]c(N(c3[c-]c4c(cc3)c3ccccc3n4-c3cc(-c4ccccc4C(C)C)ccn3)c3c(C)cccc3C)ccc2)c2ccccc21.[Pt+2]. The van der Waals surface area contributed by atoms with Gasteiger partial charge in [-0.05, 0) is 83.3 Å². The summed E-state index contributed by atoms with van der Waals surface area (Å²) in [4.78, 5) is 10.7. The largest absolute Gasteiger partial charge is 2.00 e. The van der Waals surface area contributed by atoms with Gasteiger partial charge in [-0.2, -0.15) is 12.1 Å². The molecule has 0 radical (unpaired) electrons. The summed E-state index contributed by atoms with van der Waals surface area (Å²) in [5.41, 5.74) is 12.8. The maximum atomic E-state index is 8.27. The Kier molecular flexibility index (Phi) is 8.43. The number of rotatable bonds is 7. The zero-order valence-corrected chi connectivity index (χ0v) is 32.9. The fourth-order valence-electron chi connectivity index (χ4n) is 7.90. The van der Waals surface area contributed by atoms with E-state index in [0.29, 0.717) is 11.6 Å². The van der Waals surface area contributed by atoms with Crippen LogP contribution in [0.25, 0.3) is 38.8 Å². The van der Waals surface area contributed by atoms with Crippen LogP contribution in [0, 0.1) is 26.0 Å². The Balaban J connectivity index is 0.00000455. The quantitative estimate of drug-likeness (QED) is 0.149. The minimum atomic E-state index is -2.29. The summed E-state index contributed by atoms with van der Waals surface area (Å²) >= 11 is 0. The molecule has 0 amide bonds. The van der Waals surface area contributed by atoms with Crippen molar-refractivity contribution in [2.24, 2.45) is 0 Å². The minimum absolute atomic E-state index is 0. The number of nitrogens with zero attached hydrogens (tertiary/aromatic N) is 5. The van der Waals surface area contributed by atoms with Crippen molar-refractivity contribution in [1.29, 1.82) is 0 Å². The fourth-order valence-corrected chi connectivity index (χ4v) is 7.90. The van der Waals surface area contributed by atoms with Crippen molar-refractivity contribution >= 4 is 55.9 Å². The van der Waals surface area contributed by atoms with E-state index in [1.807, 2.05) is 47.5 Å². The van der Waals surface area contributed by atoms with E-state index in [0.717, 1.165) is 72.8 Å². The van der Waals surface area contributed by atoms with Crippen LogP contribution in [0.2, 0.25) is 0 Å². The van der Waals surface area contributed by atoms with Gasteiger partial charge in [-0.25, -0.2) is 4.98 Å². The standard InChI is InChI=1S/C48H41N5.Pt/c1-32(2)39-18-6-7-19-40(39)35-26-27-49-47(28-35)53-43-21-9-8-20-41(43)42-25-24-38(30-46(42)53)52(48-33(3)14-12-15-34(48)4)37-17-13-16-36(29-37)51-31-50(5)44-22-10-11-23-45(44)51;/h6-28,32H,31H2,1-5H3;/q-2;+2/i5D3;. The normalized spacial score (nSPS) is 13.5. The second kappa shape index (κ2) is 14.3. The van der Waals surface area contributed by atoms with Crippen LogP contribution >= 0.6 is 0 Å². The zero-order chi connectivity index (χ0) is 38.7. The molecular formula is C48H41N5Pt. The van der Waals surface area contributed by atoms with E-state index in [-0.39, 0.29) is 27.7 Å². The Hall–Kier alpha value is -5.64. The first-order chi connectivity index (χ1) is 27.1. The van der Waals surface area contributed by atoms with E-state index < -0.39 is 6.98 Å². The third-order valence-corrected chi connectivity index (χ3v) is 10.4. The molecule has 6 aromatic carbocycles. The number of hydrogen-bond acceptors (Lipinski definition) is 4. The van der Waals surface area contributed by atoms with Crippen molar-refractivity contribution in [3.63, 3.8) is 0 Å². The van der Waals surface area contributed by atoms with Crippen LogP contribution < -0.4 is 14.7 Å². The molecule has 9 rings (SSSR count). The molecule has 0 saturated carbocycles. The molecule has 1 aliphatic rings. The van der Waals surface area contributed by atoms with Crippen molar-refractivity contribution in [1.82, 2.24) is 9.55 Å². The fraction of sp³-hybridized carbons (Fsp3) is 0.146. The average molecular weight is 886 g/mol. The van der Waals surface area contributed by atoms with Gasteiger partial charge in [0.2, 0.25) is 0 Å². The summed E-state index contributed by atoms with van der Waals surface area (Å²) in [6, 6.07) is 53.3. The second-order valence-electron chi connectivity index (χ2n) is 14.1. The van der Waals surface area contributed by atoms with Gasteiger partial charge in [-0.3, -0.25) is 0 Å². The molecule has 0 fully saturated rings. The monoisotopic (exact) mass is 885 g/mol. The third kappa shape index (κ3) is 5.97. The van der Waals surface area contributed by atoms with Gasteiger partial charge in [-0.15, -0.1) is 35.7 Å². The molecule has 268 valence electrons. The molecule has 0 saturated heterocycles. The summed E-state index contributed by atoms with van der Waals surface area (Å²) in [5.74, 6) is 1.19. The molecule has 2 aromatic heterocycles. The summed E-state index contributed by atoms with van der Waals surface area (Å²) in [7, 11) is 0. The maximum absolute atomic E-state index is 8.27. The molecule has 0 N–H and O–H groups in total. The van der Waals surface area contributed by atoms with Crippen LogP contribution in [0.3, 0.4) is 0 Å². The van der Waals surface area contributed by atoms with Crippen LogP contribution in [0.5, 0.6) is 0 Å². The van der Waals surface area contributed by atoms with Crippen molar-refractivity contribution in [3.05, 3.63) is 168 Å².